The number of aromatic nitrogens is 2. The summed E-state index contributed by atoms with van der Waals surface area (Å²) < 4.78 is 20.2. The number of nitrogens with one attached hydrogen (secondary N) is 1. The highest BCUT2D eigenvalue weighted by atomic mass is 35.5. The summed E-state index contributed by atoms with van der Waals surface area (Å²) in [6.45, 7) is 4.03. The minimum Gasteiger partial charge on any atom is -0.468 e. The number of methoxy groups -OCH3 is 1. The summed E-state index contributed by atoms with van der Waals surface area (Å²) in [5.74, 6) is -1.82. The number of amides is 1. The lowest BCUT2D eigenvalue weighted by atomic mass is 10.1. The molecule has 2 aromatic rings. The van der Waals surface area contributed by atoms with Gasteiger partial charge in [0.05, 0.1) is 23.5 Å². The van der Waals surface area contributed by atoms with Crippen LogP contribution in [-0.4, -0.2) is 41.4 Å². The standard InChI is InChI=1S/C17H20ClFN4O3/c1-4-23-15(14(18)9(2)22-23)10-5-11(7-12(19)6-10)16(24)21-8-13(20)17(25)26-3/h5-7,13H,4,8,20H2,1-3H3,(H,21,24). The van der Waals surface area contributed by atoms with E-state index in [0.29, 0.717) is 28.5 Å². The molecule has 2 rings (SSSR count). The summed E-state index contributed by atoms with van der Waals surface area (Å²) in [6.07, 6.45) is 0. The van der Waals surface area contributed by atoms with Crippen molar-refractivity contribution in [3.05, 3.63) is 40.3 Å². The minimum atomic E-state index is -1.00. The van der Waals surface area contributed by atoms with Crippen LogP contribution in [0.3, 0.4) is 0 Å². The lowest BCUT2D eigenvalue weighted by Gasteiger charge is -2.12. The molecule has 7 nitrogen and oxygen atoms in total. The maximum absolute atomic E-state index is 14.1. The second-order valence-corrected chi connectivity index (χ2v) is 6.01. The summed E-state index contributed by atoms with van der Waals surface area (Å²) in [6, 6.07) is 2.88. The molecule has 0 spiro atoms. The van der Waals surface area contributed by atoms with Gasteiger partial charge >= 0.3 is 5.97 Å². The molecule has 0 aliphatic carbocycles. The maximum atomic E-state index is 14.1. The average molecular weight is 383 g/mol. The predicted molar refractivity (Wildman–Crippen MR) is 95.4 cm³/mol. The Labute approximate surface area is 155 Å². The SMILES string of the molecule is CCn1nc(C)c(Cl)c1-c1cc(F)cc(C(=O)NCC(N)C(=O)OC)c1. The fraction of sp³-hybridized carbons (Fsp3) is 0.353. The molecule has 140 valence electrons. The normalized spacial score (nSPS) is 11.9. The number of nitrogens with two attached hydrogens (primary N) is 1. The highest BCUT2D eigenvalue weighted by Crippen LogP contribution is 2.31. The Kier molecular flexibility index (Phi) is 6.33. The molecule has 0 aliphatic rings. The van der Waals surface area contributed by atoms with Gasteiger partial charge < -0.3 is 15.8 Å². The molecule has 0 fully saturated rings. The number of carbonyl (C=O) groups excluding carboxylic acids is 2. The number of hydrogen-bond donors (Lipinski definition) is 2. The van der Waals surface area contributed by atoms with Crippen molar-refractivity contribution in [2.24, 2.45) is 5.73 Å². The van der Waals surface area contributed by atoms with Crippen LogP contribution in [0.25, 0.3) is 11.3 Å². The van der Waals surface area contributed by atoms with Gasteiger partial charge in [-0.15, -0.1) is 0 Å². The summed E-state index contributed by atoms with van der Waals surface area (Å²) in [7, 11) is 1.20. The molecule has 1 aromatic carbocycles. The summed E-state index contributed by atoms with van der Waals surface area (Å²) in [5.41, 5.74) is 7.23. The van der Waals surface area contributed by atoms with Crippen LogP contribution in [0.1, 0.15) is 23.0 Å². The number of halogens is 2. The number of rotatable bonds is 6. The third-order valence-corrected chi connectivity index (χ3v) is 4.23. The zero-order valence-electron chi connectivity index (χ0n) is 14.7. The maximum Gasteiger partial charge on any atom is 0.324 e. The fourth-order valence-corrected chi connectivity index (χ4v) is 2.71. The molecule has 26 heavy (non-hydrogen) atoms. The van der Waals surface area contributed by atoms with Crippen molar-refractivity contribution in [1.29, 1.82) is 0 Å². The van der Waals surface area contributed by atoms with Gasteiger partial charge in [0.15, 0.2) is 0 Å². The van der Waals surface area contributed by atoms with Gasteiger partial charge in [-0.25, -0.2) is 4.39 Å². The molecule has 1 amide bonds. The topological polar surface area (TPSA) is 99.2 Å². The van der Waals surface area contributed by atoms with Gasteiger partial charge in [-0.3, -0.25) is 14.3 Å². The molecule has 0 bridgehead atoms. The van der Waals surface area contributed by atoms with Crippen LogP contribution < -0.4 is 11.1 Å². The molecule has 1 aromatic heterocycles. The Morgan fingerprint density at radius 1 is 1.42 bits per heavy atom. The molecule has 3 N–H and O–H groups in total. The molecule has 1 heterocycles. The van der Waals surface area contributed by atoms with E-state index in [2.05, 4.69) is 15.2 Å². The molecular formula is C17H20ClFN4O3. The molecule has 1 atom stereocenters. The van der Waals surface area contributed by atoms with Crippen LogP contribution in [0.2, 0.25) is 5.02 Å². The predicted octanol–water partition coefficient (Wildman–Crippen LogP) is 1.90. The third kappa shape index (κ3) is 4.20. The van der Waals surface area contributed by atoms with E-state index in [-0.39, 0.29) is 12.1 Å². The highest BCUT2D eigenvalue weighted by Gasteiger charge is 2.19. The van der Waals surface area contributed by atoms with Crippen molar-refractivity contribution in [1.82, 2.24) is 15.1 Å². The number of benzene rings is 1. The first-order valence-electron chi connectivity index (χ1n) is 7.93. The lowest BCUT2D eigenvalue weighted by Crippen LogP contribution is -2.43. The monoisotopic (exact) mass is 382 g/mol. The first-order chi connectivity index (χ1) is 12.3. The van der Waals surface area contributed by atoms with Gasteiger partial charge in [0.1, 0.15) is 11.9 Å². The van der Waals surface area contributed by atoms with Crippen LogP contribution >= 0.6 is 11.6 Å². The van der Waals surface area contributed by atoms with Crippen LogP contribution in [0.4, 0.5) is 4.39 Å². The van der Waals surface area contributed by atoms with Crippen LogP contribution in [0.5, 0.6) is 0 Å². The summed E-state index contributed by atoms with van der Waals surface area (Å²) in [4.78, 5) is 23.6. The van der Waals surface area contributed by atoms with Gasteiger partial charge in [0, 0.05) is 24.2 Å². The van der Waals surface area contributed by atoms with Crippen molar-refractivity contribution >= 4 is 23.5 Å². The van der Waals surface area contributed by atoms with Crippen molar-refractivity contribution < 1.29 is 18.7 Å². The zero-order chi connectivity index (χ0) is 19.4. The minimum absolute atomic E-state index is 0.0784. The van der Waals surface area contributed by atoms with Crippen molar-refractivity contribution in [2.75, 3.05) is 13.7 Å². The number of nitrogens with zero attached hydrogens (tertiary/aromatic N) is 2. The van der Waals surface area contributed by atoms with Crippen molar-refractivity contribution in [3.63, 3.8) is 0 Å². The fourth-order valence-electron chi connectivity index (χ4n) is 2.46. The first-order valence-corrected chi connectivity index (χ1v) is 8.31. The Hall–Kier alpha value is -2.45. The Balaban J connectivity index is 2.30. The Morgan fingerprint density at radius 3 is 2.73 bits per heavy atom. The first kappa shape index (κ1) is 19.9. The van der Waals surface area contributed by atoms with Gasteiger partial charge in [0.25, 0.3) is 5.91 Å². The van der Waals surface area contributed by atoms with E-state index in [4.69, 9.17) is 17.3 Å². The summed E-state index contributed by atoms with van der Waals surface area (Å²) >= 11 is 6.29. The van der Waals surface area contributed by atoms with E-state index in [9.17, 15) is 14.0 Å². The smallest absolute Gasteiger partial charge is 0.324 e. The van der Waals surface area contributed by atoms with E-state index >= 15 is 0 Å². The lowest BCUT2D eigenvalue weighted by molar-refractivity contribution is -0.141. The number of ether oxygens (including phenoxy) is 1. The number of hydrogen-bond acceptors (Lipinski definition) is 5. The third-order valence-electron chi connectivity index (χ3n) is 3.77. The van der Waals surface area contributed by atoms with Crippen molar-refractivity contribution in [3.8, 4) is 11.3 Å². The van der Waals surface area contributed by atoms with E-state index in [1.165, 1.54) is 19.2 Å². The molecule has 9 heteroatoms. The summed E-state index contributed by atoms with van der Waals surface area (Å²) in [5, 5.41) is 7.17. The largest absolute Gasteiger partial charge is 0.468 e. The zero-order valence-corrected chi connectivity index (χ0v) is 15.4. The van der Waals surface area contributed by atoms with Gasteiger partial charge in [0.2, 0.25) is 0 Å². The van der Waals surface area contributed by atoms with E-state index in [1.54, 1.807) is 11.6 Å². The molecule has 0 saturated heterocycles. The number of aryl methyl sites for hydroxylation is 2. The molecule has 0 saturated carbocycles. The van der Waals surface area contributed by atoms with Gasteiger partial charge in [-0.05, 0) is 32.0 Å². The molecular weight excluding hydrogens is 363 g/mol. The Bertz CT molecular complexity index is 838. The van der Waals surface area contributed by atoms with E-state index in [0.717, 1.165) is 6.07 Å². The van der Waals surface area contributed by atoms with Crippen molar-refractivity contribution in [2.45, 2.75) is 26.4 Å². The molecule has 1 unspecified atom stereocenters. The number of carbonyl (C=O) groups is 2. The molecule has 0 aliphatic heterocycles. The van der Waals surface area contributed by atoms with E-state index in [1.807, 2.05) is 6.92 Å². The number of esters is 1. The van der Waals surface area contributed by atoms with Gasteiger partial charge in [-0.2, -0.15) is 5.10 Å². The Morgan fingerprint density at radius 2 is 2.12 bits per heavy atom. The highest BCUT2D eigenvalue weighted by molar-refractivity contribution is 6.33. The van der Waals surface area contributed by atoms with Crippen LogP contribution in [0, 0.1) is 12.7 Å². The second-order valence-electron chi connectivity index (χ2n) is 5.63. The second kappa shape index (κ2) is 8.29. The van der Waals surface area contributed by atoms with Crippen LogP contribution in [-0.2, 0) is 16.1 Å². The van der Waals surface area contributed by atoms with Crippen LogP contribution in [0.15, 0.2) is 18.2 Å². The quantitative estimate of drug-likeness (QED) is 0.743. The average Bonchev–Trinajstić information content (AvgIpc) is 2.92. The molecule has 0 radical (unpaired) electrons. The van der Waals surface area contributed by atoms with Gasteiger partial charge in [-0.1, -0.05) is 11.6 Å². The van der Waals surface area contributed by atoms with E-state index < -0.39 is 23.7 Å².